The molecule has 22 heavy (non-hydrogen) atoms. The van der Waals surface area contributed by atoms with E-state index in [1.54, 1.807) is 6.92 Å². The van der Waals surface area contributed by atoms with Crippen LogP contribution in [0.2, 0.25) is 18.1 Å². The van der Waals surface area contributed by atoms with E-state index in [0.717, 1.165) is 0 Å². The molecule has 0 bridgehead atoms. The van der Waals surface area contributed by atoms with Crippen molar-refractivity contribution in [3.8, 4) is 0 Å². The summed E-state index contributed by atoms with van der Waals surface area (Å²) in [7, 11) is -2.00. The summed E-state index contributed by atoms with van der Waals surface area (Å²) in [6, 6.07) is -0.645. The highest BCUT2D eigenvalue weighted by Gasteiger charge is 2.44. The smallest absolute Gasteiger partial charge is 0.392 e. The molecule has 0 spiro atoms. The molecule has 0 aromatic rings. The summed E-state index contributed by atoms with van der Waals surface area (Å²) >= 11 is 0. The zero-order chi connectivity index (χ0) is 17.3. The highest BCUT2D eigenvalue weighted by Crippen LogP contribution is 2.38. The van der Waals surface area contributed by atoms with E-state index >= 15 is 0 Å². The normalized spacial score (nSPS) is 27.6. The molecule has 1 rings (SSSR count). The van der Waals surface area contributed by atoms with Crippen LogP contribution in [0.5, 0.6) is 0 Å². The Morgan fingerprint density at radius 2 is 1.77 bits per heavy atom. The van der Waals surface area contributed by atoms with Gasteiger partial charge in [0.05, 0.1) is 12.1 Å². The average molecular weight is 341 g/mol. The van der Waals surface area contributed by atoms with Gasteiger partial charge in [0, 0.05) is 0 Å². The van der Waals surface area contributed by atoms with Crippen LogP contribution in [0.1, 0.15) is 40.5 Å². The molecule has 130 valence electrons. The maximum absolute atomic E-state index is 12.3. The van der Waals surface area contributed by atoms with E-state index in [-0.39, 0.29) is 5.04 Å². The van der Waals surface area contributed by atoms with Gasteiger partial charge in [0.2, 0.25) is 0 Å². The fourth-order valence-electron chi connectivity index (χ4n) is 1.98. The van der Waals surface area contributed by atoms with Gasteiger partial charge in [-0.1, -0.05) is 20.8 Å². The predicted octanol–water partition coefficient (Wildman–Crippen LogP) is 3.58. The largest absolute Gasteiger partial charge is 0.471 e. The Balaban J connectivity index is 2.58. The number of hydrogen-bond acceptors (Lipinski definition) is 3. The maximum atomic E-state index is 12.3. The Labute approximate surface area is 130 Å². The Kier molecular flexibility index (Phi) is 5.73. The van der Waals surface area contributed by atoms with E-state index in [0.29, 0.717) is 12.8 Å². The molecule has 1 heterocycles. The lowest BCUT2D eigenvalue weighted by Crippen LogP contribution is -2.54. The summed E-state index contributed by atoms with van der Waals surface area (Å²) in [5.74, 6) is -1.92. The van der Waals surface area contributed by atoms with Gasteiger partial charge in [0.1, 0.15) is 6.29 Å². The highest BCUT2D eigenvalue weighted by molar-refractivity contribution is 6.74. The van der Waals surface area contributed by atoms with Crippen molar-refractivity contribution in [1.29, 1.82) is 0 Å². The minimum absolute atomic E-state index is 0.0287. The van der Waals surface area contributed by atoms with Crippen LogP contribution in [-0.4, -0.2) is 38.8 Å². The number of carbonyl (C=O) groups is 1. The summed E-state index contributed by atoms with van der Waals surface area (Å²) in [4.78, 5) is 11.0. The molecule has 1 N–H and O–H groups in total. The number of nitrogens with one attached hydrogen (secondary N) is 1. The van der Waals surface area contributed by atoms with Crippen molar-refractivity contribution in [1.82, 2.24) is 5.32 Å². The molecular weight excluding hydrogens is 315 g/mol. The van der Waals surface area contributed by atoms with Crippen molar-refractivity contribution in [2.75, 3.05) is 0 Å². The van der Waals surface area contributed by atoms with Gasteiger partial charge in [-0.15, -0.1) is 0 Å². The lowest BCUT2D eigenvalue weighted by molar-refractivity contribution is -0.183. The number of halogens is 3. The number of alkyl halides is 3. The minimum atomic E-state index is -4.87. The second kappa shape index (κ2) is 6.49. The molecule has 1 amide bonds. The fraction of sp³-hybridized carbons (Fsp3) is 0.929. The second-order valence-electron chi connectivity index (χ2n) is 7.30. The quantitative estimate of drug-likeness (QED) is 0.798. The molecule has 0 unspecified atom stereocenters. The van der Waals surface area contributed by atoms with E-state index in [9.17, 15) is 18.0 Å². The van der Waals surface area contributed by atoms with Crippen LogP contribution in [0.3, 0.4) is 0 Å². The minimum Gasteiger partial charge on any atom is -0.392 e. The first-order chi connectivity index (χ1) is 9.74. The fourth-order valence-corrected chi connectivity index (χ4v) is 3.17. The molecule has 4 nitrogen and oxygen atoms in total. The van der Waals surface area contributed by atoms with Gasteiger partial charge < -0.3 is 14.5 Å². The maximum Gasteiger partial charge on any atom is 0.471 e. The van der Waals surface area contributed by atoms with Crippen LogP contribution in [0, 0.1) is 0 Å². The van der Waals surface area contributed by atoms with E-state index < -0.39 is 38.8 Å². The molecule has 1 fully saturated rings. The lowest BCUT2D eigenvalue weighted by atomic mass is 10.0. The van der Waals surface area contributed by atoms with Crippen molar-refractivity contribution in [3.63, 3.8) is 0 Å². The Hall–Kier alpha value is -0.603. The first-order valence-electron chi connectivity index (χ1n) is 7.45. The first-order valence-corrected chi connectivity index (χ1v) is 10.4. The highest BCUT2D eigenvalue weighted by atomic mass is 28.4. The number of carbonyl (C=O) groups excluding carboxylic acids is 1. The standard InChI is InChI=1S/C14H26F3NO3Si/c1-9-10(18-12(19)14(15,16)17)7-8-11(20-9)21-22(5,6)13(2,3)4/h9-11H,7-8H2,1-6H3,(H,18,19)/t9-,10-,11+/m0/s1. The van der Waals surface area contributed by atoms with E-state index in [1.807, 2.05) is 5.32 Å². The van der Waals surface area contributed by atoms with Crippen molar-refractivity contribution in [2.24, 2.45) is 0 Å². The van der Waals surface area contributed by atoms with Gasteiger partial charge >= 0.3 is 12.1 Å². The van der Waals surface area contributed by atoms with E-state index in [1.165, 1.54) is 0 Å². The monoisotopic (exact) mass is 341 g/mol. The predicted molar refractivity (Wildman–Crippen MR) is 79.8 cm³/mol. The topological polar surface area (TPSA) is 47.6 Å². The molecule has 1 saturated heterocycles. The number of hydrogen-bond donors (Lipinski definition) is 1. The zero-order valence-electron chi connectivity index (χ0n) is 14.0. The summed E-state index contributed by atoms with van der Waals surface area (Å²) in [6.07, 6.45) is -4.93. The molecule has 0 radical (unpaired) electrons. The van der Waals surface area contributed by atoms with Crippen LogP contribution in [0.4, 0.5) is 13.2 Å². The van der Waals surface area contributed by atoms with E-state index in [4.69, 9.17) is 9.16 Å². The van der Waals surface area contributed by atoms with Crippen LogP contribution in [-0.2, 0) is 14.0 Å². The van der Waals surface area contributed by atoms with Gasteiger partial charge in [0.15, 0.2) is 8.32 Å². The molecule has 1 aliphatic heterocycles. The molecule has 8 heteroatoms. The number of rotatable bonds is 3. The van der Waals surface area contributed by atoms with Crippen LogP contribution in [0.15, 0.2) is 0 Å². The van der Waals surface area contributed by atoms with Crippen molar-refractivity contribution in [3.05, 3.63) is 0 Å². The second-order valence-corrected chi connectivity index (χ2v) is 12.1. The van der Waals surface area contributed by atoms with Crippen molar-refractivity contribution < 1.29 is 27.1 Å². The van der Waals surface area contributed by atoms with Gasteiger partial charge in [-0.25, -0.2) is 0 Å². The summed E-state index contributed by atoms with van der Waals surface area (Å²) in [5.41, 5.74) is 0. The average Bonchev–Trinajstić information content (AvgIpc) is 2.29. The van der Waals surface area contributed by atoms with Crippen molar-refractivity contribution in [2.45, 2.75) is 83.3 Å². The molecule has 0 aromatic carbocycles. The summed E-state index contributed by atoms with van der Waals surface area (Å²) in [6.45, 7) is 12.2. The number of amides is 1. The molecule has 0 aliphatic carbocycles. The molecule has 0 saturated carbocycles. The van der Waals surface area contributed by atoms with Crippen LogP contribution >= 0.6 is 0 Å². The van der Waals surface area contributed by atoms with Gasteiger partial charge in [-0.3, -0.25) is 4.79 Å². The lowest BCUT2D eigenvalue weighted by Gasteiger charge is -2.42. The first kappa shape index (κ1) is 19.4. The van der Waals surface area contributed by atoms with Crippen LogP contribution in [0.25, 0.3) is 0 Å². The van der Waals surface area contributed by atoms with Crippen molar-refractivity contribution >= 4 is 14.2 Å². The SMILES string of the molecule is C[C@@H]1O[C@H](O[Si](C)(C)C(C)(C)C)CC[C@@H]1NC(=O)C(F)(F)F. The van der Waals surface area contributed by atoms with Crippen LogP contribution < -0.4 is 5.32 Å². The zero-order valence-corrected chi connectivity index (χ0v) is 15.0. The van der Waals surface area contributed by atoms with Gasteiger partial charge in [-0.2, -0.15) is 13.2 Å². The molecule has 3 atom stereocenters. The third-order valence-electron chi connectivity index (χ3n) is 4.45. The summed E-state index contributed by atoms with van der Waals surface area (Å²) < 4.78 is 48.7. The Morgan fingerprint density at radius 3 is 2.18 bits per heavy atom. The Bertz CT molecular complexity index is 407. The summed E-state index contributed by atoms with van der Waals surface area (Å²) in [5, 5.41) is 2.02. The third-order valence-corrected chi connectivity index (χ3v) is 8.92. The van der Waals surface area contributed by atoms with E-state index in [2.05, 4.69) is 33.9 Å². The molecule has 0 aromatic heterocycles. The van der Waals surface area contributed by atoms with Gasteiger partial charge in [-0.05, 0) is 37.9 Å². The molecule has 1 aliphatic rings. The van der Waals surface area contributed by atoms with Gasteiger partial charge in [0.25, 0.3) is 0 Å². The third kappa shape index (κ3) is 4.96. The molecular formula is C14H26F3NO3Si. The Morgan fingerprint density at radius 1 is 1.23 bits per heavy atom. The number of ether oxygens (including phenoxy) is 1.